The largest absolute Gasteiger partial charge is 0.467 e. The lowest BCUT2D eigenvalue weighted by atomic mass is 9.82. The van der Waals surface area contributed by atoms with E-state index in [0.29, 0.717) is 12.3 Å². The summed E-state index contributed by atoms with van der Waals surface area (Å²) in [7, 11) is 1.61. The average Bonchev–Trinajstić information content (AvgIpc) is 2.54. The first-order valence-electron chi connectivity index (χ1n) is 8.18. The summed E-state index contributed by atoms with van der Waals surface area (Å²) in [6.45, 7) is 6.36. The molecule has 1 aromatic carbocycles. The Balaban J connectivity index is 2.39. The van der Waals surface area contributed by atoms with Gasteiger partial charge in [-0.05, 0) is 68.5 Å². The third kappa shape index (κ3) is 3.87. The number of carbonyl (C=O) groups excluding carboxylic acids is 1. The van der Waals surface area contributed by atoms with E-state index in [1.807, 2.05) is 19.1 Å². The third-order valence-electron chi connectivity index (χ3n) is 4.32. The van der Waals surface area contributed by atoms with Crippen LogP contribution in [-0.4, -0.2) is 32.8 Å². The molecule has 1 aliphatic heterocycles. The highest BCUT2D eigenvalue weighted by Crippen LogP contribution is 2.36. The summed E-state index contributed by atoms with van der Waals surface area (Å²) in [5, 5.41) is 3.39. The van der Waals surface area contributed by atoms with Gasteiger partial charge < -0.3 is 14.8 Å². The maximum atomic E-state index is 12.5. The molecule has 4 heteroatoms. The molecule has 0 radical (unpaired) electrons. The van der Waals surface area contributed by atoms with Crippen LogP contribution in [0.5, 0.6) is 5.75 Å². The van der Waals surface area contributed by atoms with Gasteiger partial charge in [0.2, 0.25) is 0 Å². The number of Topliss-reactive ketones (excluding diaryl/α,β-unsaturated/α-hetero) is 1. The molecule has 1 N–H and O–H groups in total. The summed E-state index contributed by atoms with van der Waals surface area (Å²) in [6.07, 6.45) is 3.63. The SMILES string of the molecule is CCCC(=O)c1ccc(OCOC)c(C)c1C1CCNCC1. The lowest BCUT2D eigenvalue weighted by Gasteiger charge is -2.27. The van der Waals surface area contributed by atoms with Gasteiger partial charge in [-0.2, -0.15) is 0 Å². The topological polar surface area (TPSA) is 47.6 Å². The van der Waals surface area contributed by atoms with E-state index >= 15 is 0 Å². The quantitative estimate of drug-likeness (QED) is 0.619. The summed E-state index contributed by atoms with van der Waals surface area (Å²) in [4.78, 5) is 12.5. The molecule has 122 valence electrons. The van der Waals surface area contributed by atoms with Crippen LogP contribution in [0, 0.1) is 6.92 Å². The summed E-state index contributed by atoms with van der Waals surface area (Å²) in [6, 6.07) is 3.84. The van der Waals surface area contributed by atoms with Gasteiger partial charge in [-0.15, -0.1) is 0 Å². The molecule has 0 unspecified atom stereocenters. The summed E-state index contributed by atoms with van der Waals surface area (Å²) in [5.74, 6) is 1.50. The standard InChI is InChI=1S/C18H27NO3/c1-4-5-16(20)15-6-7-17(22-12-21-3)13(2)18(15)14-8-10-19-11-9-14/h6-7,14,19H,4-5,8-12H2,1-3H3. The van der Waals surface area contributed by atoms with Crippen molar-refractivity contribution in [3.8, 4) is 5.75 Å². The molecule has 1 aliphatic rings. The van der Waals surface area contributed by atoms with Gasteiger partial charge in [-0.25, -0.2) is 0 Å². The first-order chi connectivity index (χ1) is 10.7. The van der Waals surface area contributed by atoms with Crippen LogP contribution in [0.2, 0.25) is 0 Å². The Morgan fingerprint density at radius 3 is 2.68 bits per heavy atom. The molecule has 0 aliphatic carbocycles. The third-order valence-corrected chi connectivity index (χ3v) is 4.32. The first-order valence-corrected chi connectivity index (χ1v) is 8.18. The van der Waals surface area contributed by atoms with Gasteiger partial charge >= 0.3 is 0 Å². The summed E-state index contributed by atoms with van der Waals surface area (Å²) in [5.41, 5.74) is 3.16. The normalized spacial score (nSPS) is 15.8. The van der Waals surface area contributed by atoms with Crippen molar-refractivity contribution in [2.24, 2.45) is 0 Å². The zero-order chi connectivity index (χ0) is 15.9. The Labute approximate surface area is 133 Å². The van der Waals surface area contributed by atoms with E-state index in [9.17, 15) is 4.79 Å². The fraction of sp³-hybridized carbons (Fsp3) is 0.611. The zero-order valence-electron chi connectivity index (χ0n) is 13.9. The second-order valence-electron chi connectivity index (χ2n) is 5.90. The first kappa shape index (κ1) is 17.0. The van der Waals surface area contributed by atoms with E-state index in [1.54, 1.807) is 7.11 Å². The molecule has 1 aromatic rings. The minimum atomic E-state index is 0.231. The van der Waals surface area contributed by atoms with Crippen LogP contribution in [0.25, 0.3) is 0 Å². The molecule has 1 saturated heterocycles. The van der Waals surface area contributed by atoms with Crippen LogP contribution in [0.4, 0.5) is 0 Å². The van der Waals surface area contributed by atoms with Crippen molar-refractivity contribution in [2.45, 2.75) is 45.4 Å². The molecule has 22 heavy (non-hydrogen) atoms. The molecule has 4 nitrogen and oxygen atoms in total. The van der Waals surface area contributed by atoms with E-state index < -0.39 is 0 Å². The van der Waals surface area contributed by atoms with Crippen LogP contribution >= 0.6 is 0 Å². The number of carbonyl (C=O) groups is 1. The van der Waals surface area contributed by atoms with Crippen LogP contribution in [0.1, 0.15) is 60.0 Å². The van der Waals surface area contributed by atoms with Crippen molar-refractivity contribution in [2.75, 3.05) is 27.0 Å². The second kappa shape index (κ2) is 8.30. The molecular formula is C18H27NO3. The van der Waals surface area contributed by atoms with Crippen molar-refractivity contribution in [3.63, 3.8) is 0 Å². The molecule has 0 amide bonds. The summed E-state index contributed by atoms with van der Waals surface area (Å²) < 4.78 is 10.7. The van der Waals surface area contributed by atoms with Crippen LogP contribution in [0.3, 0.4) is 0 Å². The Morgan fingerprint density at radius 2 is 2.05 bits per heavy atom. The smallest absolute Gasteiger partial charge is 0.188 e. The fourth-order valence-electron chi connectivity index (χ4n) is 3.23. The molecule has 2 rings (SSSR count). The number of methoxy groups -OCH3 is 1. The molecular weight excluding hydrogens is 278 g/mol. The number of ketones is 1. The van der Waals surface area contributed by atoms with E-state index in [1.165, 1.54) is 5.56 Å². The van der Waals surface area contributed by atoms with E-state index in [-0.39, 0.29) is 12.6 Å². The van der Waals surface area contributed by atoms with E-state index in [2.05, 4.69) is 12.2 Å². The van der Waals surface area contributed by atoms with Crippen molar-refractivity contribution in [3.05, 3.63) is 28.8 Å². The molecule has 0 saturated carbocycles. The summed E-state index contributed by atoms with van der Waals surface area (Å²) >= 11 is 0. The lowest BCUT2D eigenvalue weighted by molar-refractivity contribution is 0.0505. The van der Waals surface area contributed by atoms with Crippen molar-refractivity contribution < 1.29 is 14.3 Å². The Kier molecular flexibility index (Phi) is 6.40. The maximum Gasteiger partial charge on any atom is 0.188 e. The highest BCUT2D eigenvalue weighted by molar-refractivity contribution is 5.98. The lowest BCUT2D eigenvalue weighted by Crippen LogP contribution is -2.28. The Hall–Kier alpha value is -1.39. The number of ether oxygens (including phenoxy) is 2. The predicted octanol–water partition coefficient (Wildman–Crippen LogP) is 3.43. The van der Waals surface area contributed by atoms with Gasteiger partial charge in [0.15, 0.2) is 12.6 Å². The zero-order valence-corrected chi connectivity index (χ0v) is 13.9. The highest BCUT2D eigenvalue weighted by Gasteiger charge is 2.24. The van der Waals surface area contributed by atoms with Crippen molar-refractivity contribution >= 4 is 5.78 Å². The van der Waals surface area contributed by atoms with Crippen LogP contribution in [0.15, 0.2) is 12.1 Å². The monoisotopic (exact) mass is 305 g/mol. The minimum Gasteiger partial charge on any atom is -0.467 e. The average molecular weight is 305 g/mol. The molecule has 0 bridgehead atoms. The fourth-order valence-corrected chi connectivity index (χ4v) is 3.23. The predicted molar refractivity (Wildman–Crippen MR) is 87.8 cm³/mol. The van der Waals surface area contributed by atoms with E-state index in [0.717, 1.165) is 49.2 Å². The second-order valence-corrected chi connectivity index (χ2v) is 5.90. The maximum absolute atomic E-state index is 12.5. The number of piperidine rings is 1. The van der Waals surface area contributed by atoms with E-state index in [4.69, 9.17) is 9.47 Å². The van der Waals surface area contributed by atoms with Crippen molar-refractivity contribution in [1.29, 1.82) is 0 Å². The molecule has 0 spiro atoms. The van der Waals surface area contributed by atoms with Gasteiger partial charge in [-0.3, -0.25) is 4.79 Å². The van der Waals surface area contributed by atoms with Gasteiger partial charge in [0, 0.05) is 19.1 Å². The van der Waals surface area contributed by atoms with Crippen LogP contribution < -0.4 is 10.1 Å². The molecule has 0 atom stereocenters. The number of rotatable bonds is 7. The minimum absolute atomic E-state index is 0.231. The van der Waals surface area contributed by atoms with Gasteiger partial charge in [-0.1, -0.05) is 6.92 Å². The number of hydrogen-bond donors (Lipinski definition) is 1. The molecule has 1 fully saturated rings. The number of hydrogen-bond acceptors (Lipinski definition) is 4. The Morgan fingerprint density at radius 1 is 1.32 bits per heavy atom. The molecule has 0 aromatic heterocycles. The number of nitrogens with one attached hydrogen (secondary N) is 1. The number of benzene rings is 1. The molecule has 1 heterocycles. The van der Waals surface area contributed by atoms with Crippen LogP contribution in [-0.2, 0) is 4.74 Å². The van der Waals surface area contributed by atoms with Gasteiger partial charge in [0.25, 0.3) is 0 Å². The Bertz CT molecular complexity index is 507. The van der Waals surface area contributed by atoms with Gasteiger partial charge in [0.1, 0.15) is 5.75 Å². The highest BCUT2D eigenvalue weighted by atomic mass is 16.7. The van der Waals surface area contributed by atoms with Gasteiger partial charge in [0.05, 0.1) is 0 Å². The van der Waals surface area contributed by atoms with Crippen molar-refractivity contribution in [1.82, 2.24) is 5.32 Å².